The molecule has 0 radical (unpaired) electrons. The van der Waals surface area contributed by atoms with E-state index in [0.717, 1.165) is 5.56 Å². The number of rotatable bonds is 7. The van der Waals surface area contributed by atoms with E-state index >= 15 is 0 Å². The van der Waals surface area contributed by atoms with Gasteiger partial charge in [-0.3, -0.25) is 14.2 Å². The first-order valence-corrected chi connectivity index (χ1v) is 8.93. The number of ether oxygens (including phenoxy) is 2. The fourth-order valence-corrected chi connectivity index (χ4v) is 2.99. The van der Waals surface area contributed by atoms with Gasteiger partial charge in [0.2, 0.25) is 5.91 Å². The summed E-state index contributed by atoms with van der Waals surface area (Å²) in [6.45, 7) is 0.496. The number of hydrogen-bond donors (Lipinski definition) is 0. The number of carbonyl (C=O) groups is 1. The van der Waals surface area contributed by atoms with Crippen molar-refractivity contribution in [2.75, 3.05) is 27.8 Å². The summed E-state index contributed by atoms with van der Waals surface area (Å²) in [5, 5.41) is 0. The standard InChI is InChI=1S/C21H23N3O4/c1-23(11-10-15-8-9-18(27-2)19(12-15)28-3)21(26)14-24-17-7-5-4-6-16(17)22-13-20(24)25/h4-9,12-13H,10-11,14H2,1-3H3. The summed E-state index contributed by atoms with van der Waals surface area (Å²) in [5.74, 6) is 1.18. The van der Waals surface area contributed by atoms with Crippen LogP contribution in [0.3, 0.4) is 0 Å². The fraction of sp³-hybridized carbons (Fsp3) is 0.286. The molecule has 0 saturated carbocycles. The second-order valence-electron chi connectivity index (χ2n) is 6.43. The molecule has 0 spiro atoms. The monoisotopic (exact) mass is 381 g/mol. The summed E-state index contributed by atoms with van der Waals surface area (Å²) < 4.78 is 12.0. The summed E-state index contributed by atoms with van der Waals surface area (Å²) in [6.07, 6.45) is 1.91. The van der Waals surface area contributed by atoms with Crippen LogP contribution in [0.15, 0.2) is 53.5 Å². The molecule has 0 bridgehead atoms. The molecule has 2 aromatic carbocycles. The molecule has 1 heterocycles. The first-order chi connectivity index (χ1) is 13.5. The minimum atomic E-state index is -0.291. The van der Waals surface area contributed by atoms with Gasteiger partial charge in [-0.1, -0.05) is 18.2 Å². The number of hydrogen-bond acceptors (Lipinski definition) is 5. The van der Waals surface area contributed by atoms with Crippen LogP contribution in [0.4, 0.5) is 0 Å². The van der Waals surface area contributed by atoms with Gasteiger partial charge in [0.25, 0.3) is 5.56 Å². The molecule has 1 aromatic heterocycles. The average Bonchev–Trinajstić information content (AvgIpc) is 2.73. The van der Waals surface area contributed by atoms with E-state index in [1.807, 2.05) is 36.4 Å². The molecule has 146 valence electrons. The Kier molecular flexibility index (Phi) is 5.93. The van der Waals surface area contributed by atoms with Crippen molar-refractivity contribution in [3.8, 4) is 11.5 Å². The third kappa shape index (κ3) is 4.14. The summed E-state index contributed by atoms with van der Waals surface area (Å²) in [7, 11) is 4.92. The highest BCUT2D eigenvalue weighted by Gasteiger charge is 2.13. The van der Waals surface area contributed by atoms with Gasteiger partial charge in [-0.25, -0.2) is 4.98 Å². The predicted octanol–water partition coefficient (Wildman–Crippen LogP) is 2.11. The predicted molar refractivity (Wildman–Crippen MR) is 107 cm³/mol. The SMILES string of the molecule is COc1ccc(CCN(C)C(=O)Cn2c(=O)cnc3ccccc32)cc1OC. The maximum absolute atomic E-state index is 12.7. The lowest BCUT2D eigenvalue weighted by Gasteiger charge is -2.19. The number of amides is 1. The number of benzene rings is 2. The van der Waals surface area contributed by atoms with Gasteiger partial charge in [-0.15, -0.1) is 0 Å². The molecule has 1 amide bonds. The number of nitrogens with zero attached hydrogens (tertiary/aromatic N) is 3. The van der Waals surface area contributed by atoms with Crippen molar-refractivity contribution >= 4 is 16.9 Å². The highest BCUT2D eigenvalue weighted by molar-refractivity contribution is 5.79. The van der Waals surface area contributed by atoms with Crippen LogP contribution in [0, 0.1) is 0 Å². The van der Waals surface area contributed by atoms with Crippen molar-refractivity contribution in [1.82, 2.24) is 14.5 Å². The van der Waals surface area contributed by atoms with E-state index in [1.165, 1.54) is 10.8 Å². The third-order valence-corrected chi connectivity index (χ3v) is 4.66. The zero-order valence-corrected chi connectivity index (χ0v) is 16.2. The Hall–Kier alpha value is -3.35. The molecule has 0 fully saturated rings. The van der Waals surface area contributed by atoms with Crippen LogP contribution >= 0.6 is 0 Å². The van der Waals surface area contributed by atoms with Crippen LogP contribution in [0.1, 0.15) is 5.56 Å². The van der Waals surface area contributed by atoms with Gasteiger partial charge < -0.3 is 14.4 Å². The molecular weight excluding hydrogens is 358 g/mol. The van der Waals surface area contributed by atoms with Crippen LogP contribution in [0.25, 0.3) is 11.0 Å². The molecule has 0 aliphatic heterocycles. The highest BCUT2D eigenvalue weighted by Crippen LogP contribution is 2.27. The number of likely N-dealkylation sites (N-methyl/N-ethyl adjacent to an activating group) is 1. The van der Waals surface area contributed by atoms with Crippen molar-refractivity contribution in [3.63, 3.8) is 0 Å². The molecule has 0 unspecified atom stereocenters. The molecule has 0 N–H and O–H groups in total. The van der Waals surface area contributed by atoms with Gasteiger partial charge in [0.15, 0.2) is 11.5 Å². The second kappa shape index (κ2) is 8.56. The highest BCUT2D eigenvalue weighted by atomic mass is 16.5. The minimum Gasteiger partial charge on any atom is -0.493 e. The van der Waals surface area contributed by atoms with Crippen LogP contribution in [0.2, 0.25) is 0 Å². The lowest BCUT2D eigenvalue weighted by molar-refractivity contribution is -0.130. The maximum atomic E-state index is 12.7. The third-order valence-electron chi connectivity index (χ3n) is 4.66. The van der Waals surface area contributed by atoms with Gasteiger partial charge in [0, 0.05) is 13.6 Å². The van der Waals surface area contributed by atoms with Crippen molar-refractivity contribution in [2.45, 2.75) is 13.0 Å². The summed E-state index contributed by atoms with van der Waals surface area (Å²) in [5.41, 5.74) is 2.07. The molecule has 7 nitrogen and oxygen atoms in total. The number of methoxy groups -OCH3 is 2. The Morgan fingerprint density at radius 3 is 2.61 bits per heavy atom. The molecule has 0 aliphatic rings. The van der Waals surface area contributed by atoms with Crippen molar-refractivity contribution in [3.05, 3.63) is 64.6 Å². The van der Waals surface area contributed by atoms with E-state index in [4.69, 9.17) is 9.47 Å². The molecule has 28 heavy (non-hydrogen) atoms. The summed E-state index contributed by atoms with van der Waals surface area (Å²) in [6, 6.07) is 13.0. The van der Waals surface area contributed by atoms with Crippen LogP contribution in [-0.2, 0) is 17.8 Å². The molecule has 3 rings (SSSR count). The van der Waals surface area contributed by atoms with Gasteiger partial charge in [-0.2, -0.15) is 0 Å². The topological polar surface area (TPSA) is 73.7 Å². The zero-order valence-electron chi connectivity index (χ0n) is 16.2. The first kappa shape index (κ1) is 19.4. The smallest absolute Gasteiger partial charge is 0.269 e. The molecule has 7 heteroatoms. The van der Waals surface area contributed by atoms with E-state index in [1.54, 1.807) is 32.2 Å². The zero-order chi connectivity index (χ0) is 20.1. The van der Waals surface area contributed by atoms with E-state index in [2.05, 4.69) is 4.98 Å². The average molecular weight is 381 g/mol. The van der Waals surface area contributed by atoms with E-state index in [-0.39, 0.29) is 18.0 Å². The minimum absolute atomic E-state index is 0.0235. The Morgan fingerprint density at radius 1 is 1.11 bits per heavy atom. The number of fused-ring (bicyclic) bond motifs is 1. The molecule has 0 saturated heterocycles. The van der Waals surface area contributed by atoms with E-state index < -0.39 is 0 Å². The second-order valence-corrected chi connectivity index (χ2v) is 6.43. The molecule has 0 atom stereocenters. The van der Waals surface area contributed by atoms with Gasteiger partial charge in [0.1, 0.15) is 6.54 Å². The fourth-order valence-electron chi connectivity index (χ4n) is 2.99. The van der Waals surface area contributed by atoms with E-state index in [0.29, 0.717) is 35.5 Å². The van der Waals surface area contributed by atoms with Crippen molar-refractivity contribution < 1.29 is 14.3 Å². The van der Waals surface area contributed by atoms with E-state index in [9.17, 15) is 9.59 Å². The van der Waals surface area contributed by atoms with Gasteiger partial charge >= 0.3 is 0 Å². The Morgan fingerprint density at radius 2 is 1.86 bits per heavy atom. The lowest BCUT2D eigenvalue weighted by Crippen LogP contribution is -2.35. The first-order valence-electron chi connectivity index (χ1n) is 8.93. The number of para-hydroxylation sites is 2. The van der Waals surface area contributed by atoms with Crippen molar-refractivity contribution in [1.29, 1.82) is 0 Å². The maximum Gasteiger partial charge on any atom is 0.269 e. The molecular formula is C21H23N3O4. The van der Waals surface area contributed by atoms with Crippen LogP contribution < -0.4 is 15.0 Å². The Balaban J connectivity index is 1.69. The van der Waals surface area contributed by atoms with Crippen LogP contribution in [0.5, 0.6) is 11.5 Å². The van der Waals surface area contributed by atoms with Gasteiger partial charge in [0.05, 0.1) is 31.4 Å². The largest absolute Gasteiger partial charge is 0.493 e. The summed E-state index contributed by atoms with van der Waals surface area (Å²) in [4.78, 5) is 30.6. The normalized spacial score (nSPS) is 10.7. The Bertz CT molecular complexity index is 1050. The van der Waals surface area contributed by atoms with Crippen LogP contribution in [-0.4, -0.2) is 48.2 Å². The number of carbonyl (C=O) groups excluding carboxylic acids is 1. The molecule has 3 aromatic rings. The van der Waals surface area contributed by atoms with Gasteiger partial charge in [-0.05, 0) is 36.2 Å². The molecule has 0 aliphatic carbocycles. The Labute approximate surface area is 163 Å². The number of aromatic nitrogens is 2. The van der Waals surface area contributed by atoms with Crippen molar-refractivity contribution in [2.24, 2.45) is 0 Å². The summed E-state index contributed by atoms with van der Waals surface area (Å²) >= 11 is 0. The quantitative estimate of drug-likeness (QED) is 0.627. The lowest BCUT2D eigenvalue weighted by atomic mass is 10.1.